The maximum Gasteiger partial charge on any atom is 0.159 e. The summed E-state index contributed by atoms with van der Waals surface area (Å²) in [6.07, 6.45) is 3.25. The van der Waals surface area contributed by atoms with Crippen molar-refractivity contribution in [1.29, 1.82) is 0 Å². The van der Waals surface area contributed by atoms with Gasteiger partial charge in [0.1, 0.15) is 0 Å². The molecule has 1 aromatic carbocycles. The largest absolute Gasteiger partial charge is 0.330 e. The number of halogens is 2. The van der Waals surface area contributed by atoms with Crippen molar-refractivity contribution in [3.63, 3.8) is 0 Å². The van der Waals surface area contributed by atoms with Gasteiger partial charge in [0, 0.05) is 0 Å². The summed E-state index contributed by atoms with van der Waals surface area (Å²) in [5.41, 5.74) is 7.03. The molecule has 20 heavy (non-hydrogen) atoms. The number of hydrogen-bond donors (Lipinski definition) is 1. The first-order valence-corrected chi connectivity index (χ1v) is 7.48. The van der Waals surface area contributed by atoms with Gasteiger partial charge in [0.15, 0.2) is 11.6 Å². The highest BCUT2D eigenvalue weighted by Gasteiger charge is 2.36. The second-order valence-electron chi connectivity index (χ2n) is 7.15. The summed E-state index contributed by atoms with van der Waals surface area (Å²) < 4.78 is 26.6. The average molecular weight is 281 g/mol. The second-order valence-corrected chi connectivity index (χ2v) is 7.15. The van der Waals surface area contributed by atoms with E-state index in [-0.39, 0.29) is 11.3 Å². The molecule has 1 fully saturated rings. The van der Waals surface area contributed by atoms with Crippen LogP contribution in [0.25, 0.3) is 0 Å². The molecule has 0 radical (unpaired) electrons. The molecule has 0 amide bonds. The lowest BCUT2D eigenvalue weighted by atomic mass is 9.64. The average Bonchev–Trinajstić information content (AvgIpc) is 2.40. The van der Waals surface area contributed by atoms with E-state index in [2.05, 4.69) is 20.8 Å². The van der Waals surface area contributed by atoms with Gasteiger partial charge >= 0.3 is 0 Å². The van der Waals surface area contributed by atoms with E-state index in [0.717, 1.165) is 18.4 Å². The summed E-state index contributed by atoms with van der Waals surface area (Å²) in [5.74, 6) is -0.313. The molecule has 1 aliphatic rings. The van der Waals surface area contributed by atoms with Crippen LogP contribution < -0.4 is 5.73 Å². The molecule has 3 heteroatoms. The van der Waals surface area contributed by atoms with Crippen LogP contribution in [0, 0.1) is 28.9 Å². The van der Waals surface area contributed by atoms with Crippen LogP contribution in [-0.2, 0) is 0 Å². The fourth-order valence-electron chi connectivity index (χ4n) is 3.45. The number of benzene rings is 1. The molecule has 1 aliphatic carbocycles. The molecule has 3 atom stereocenters. The Morgan fingerprint density at radius 1 is 1.15 bits per heavy atom. The Hall–Kier alpha value is -0.960. The summed E-state index contributed by atoms with van der Waals surface area (Å²) in [4.78, 5) is 0. The highest BCUT2D eigenvalue weighted by atomic mass is 19.2. The standard InChI is InChI=1S/C17H25F2N/c1-17(2,3)13-6-4-12(10-20)14(9-13)11-5-7-15(18)16(19)8-11/h5,7-8,12-14H,4,6,9-10,20H2,1-3H3. The van der Waals surface area contributed by atoms with Crippen molar-refractivity contribution in [2.24, 2.45) is 23.0 Å². The lowest BCUT2D eigenvalue weighted by Crippen LogP contribution is -2.34. The van der Waals surface area contributed by atoms with Gasteiger partial charge in [0.05, 0.1) is 0 Å². The number of nitrogens with two attached hydrogens (primary N) is 1. The van der Waals surface area contributed by atoms with Crippen molar-refractivity contribution in [3.05, 3.63) is 35.4 Å². The van der Waals surface area contributed by atoms with Gasteiger partial charge in [-0.25, -0.2) is 8.78 Å². The summed E-state index contributed by atoms with van der Waals surface area (Å²) in [5, 5.41) is 0. The van der Waals surface area contributed by atoms with Gasteiger partial charge in [0.25, 0.3) is 0 Å². The summed E-state index contributed by atoms with van der Waals surface area (Å²) in [6, 6.07) is 4.31. The molecule has 2 rings (SSSR count). The lowest BCUT2D eigenvalue weighted by molar-refractivity contribution is 0.133. The molecule has 0 bridgehead atoms. The van der Waals surface area contributed by atoms with Crippen LogP contribution in [0.1, 0.15) is 51.5 Å². The minimum absolute atomic E-state index is 0.244. The minimum Gasteiger partial charge on any atom is -0.330 e. The predicted octanol–water partition coefficient (Wildman–Crippen LogP) is 4.47. The second kappa shape index (κ2) is 5.80. The third-order valence-corrected chi connectivity index (χ3v) is 4.89. The first kappa shape index (κ1) is 15.4. The van der Waals surface area contributed by atoms with E-state index in [1.54, 1.807) is 6.07 Å². The zero-order valence-corrected chi connectivity index (χ0v) is 12.6. The highest BCUT2D eigenvalue weighted by Crippen LogP contribution is 2.46. The van der Waals surface area contributed by atoms with E-state index in [0.29, 0.717) is 18.4 Å². The highest BCUT2D eigenvalue weighted by molar-refractivity contribution is 5.23. The van der Waals surface area contributed by atoms with Gasteiger partial charge in [-0.3, -0.25) is 0 Å². The molecular formula is C17H25F2N. The molecule has 0 spiro atoms. The maximum atomic E-state index is 13.5. The van der Waals surface area contributed by atoms with Crippen LogP contribution in [0.4, 0.5) is 8.78 Å². The van der Waals surface area contributed by atoms with Gasteiger partial charge in [-0.2, -0.15) is 0 Å². The van der Waals surface area contributed by atoms with E-state index in [4.69, 9.17) is 5.73 Å². The van der Waals surface area contributed by atoms with E-state index < -0.39 is 11.6 Å². The monoisotopic (exact) mass is 281 g/mol. The molecule has 1 saturated carbocycles. The third kappa shape index (κ3) is 3.20. The normalized spacial score (nSPS) is 27.6. The molecule has 0 aliphatic heterocycles. The van der Waals surface area contributed by atoms with Gasteiger partial charge in [-0.1, -0.05) is 26.8 Å². The van der Waals surface area contributed by atoms with Crippen LogP contribution in [0.15, 0.2) is 18.2 Å². The molecule has 3 unspecified atom stereocenters. The SMILES string of the molecule is CC(C)(C)C1CCC(CN)C(c2ccc(F)c(F)c2)C1. The number of rotatable bonds is 2. The topological polar surface area (TPSA) is 26.0 Å². The molecule has 112 valence electrons. The lowest BCUT2D eigenvalue weighted by Gasteiger charge is -2.42. The molecule has 0 aromatic heterocycles. The van der Waals surface area contributed by atoms with Crippen LogP contribution >= 0.6 is 0 Å². The maximum absolute atomic E-state index is 13.5. The molecule has 0 heterocycles. The van der Waals surface area contributed by atoms with E-state index in [1.165, 1.54) is 18.6 Å². The first-order valence-electron chi connectivity index (χ1n) is 7.48. The number of hydrogen-bond acceptors (Lipinski definition) is 1. The first-order chi connectivity index (χ1) is 9.32. The van der Waals surface area contributed by atoms with Crippen LogP contribution in [0.2, 0.25) is 0 Å². The summed E-state index contributed by atoms with van der Waals surface area (Å²) in [6.45, 7) is 7.37. The molecule has 0 saturated heterocycles. The smallest absolute Gasteiger partial charge is 0.159 e. The van der Waals surface area contributed by atoms with Crippen LogP contribution in [-0.4, -0.2) is 6.54 Å². The Bertz CT molecular complexity index is 465. The third-order valence-electron chi connectivity index (χ3n) is 4.89. The Kier molecular flexibility index (Phi) is 4.48. The van der Waals surface area contributed by atoms with Crippen LogP contribution in [0.3, 0.4) is 0 Å². The van der Waals surface area contributed by atoms with Crippen molar-refractivity contribution in [2.45, 2.75) is 46.0 Å². The van der Waals surface area contributed by atoms with Crippen molar-refractivity contribution >= 4 is 0 Å². The van der Waals surface area contributed by atoms with Crippen molar-refractivity contribution in [3.8, 4) is 0 Å². The van der Waals surface area contributed by atoms with Crippen molar-refractivity contribution < 1.29 is 8.78 Å². The van der Waals surface area contributed by atoms with Gasteiger partial charge < -0.3 is 5.73 Å². The fourth-order valence-corrected chi connectivity index (χ4v) is 3.45. The molecule has 1 nitrogen and oxygen atoms in total. The molecule has 2 N–H and O–H groups in total. The summed E-state index contributed by atoms with van der Waals surface area (Å²) >= 11 is 0. The zero-order valence-electron chi connectivity index (χ0n) is 12.6. The van der Waals surface area contributed by atoms with Crippen LogP contribution in [0.5, 0.6) is 0 Å². The molecular weight excluding hydrogens is 256 g/mol. The van der Waals surface area contributed by atoms with Gasteiger partial charge in [-0.15, -0.1) is 0 Å². The van der Waals surface area contributed by atoms with Crippen molar-refractivity contribution in [2.75, 3.05) is 6.54 Å². The predicted molar refractivity (Wildman–Crippen MR) is 78.4 cm³/mol. The molecule has 1 aromatic rings. The van der Waals surface area contributed by atoms with Crippen molar-refractivity contribution in [1.82, 2.24) is 0 Å². The van der Waals surface area contributed by atoms with E-state index >= 15 is 0 Å². The van der Waals surface area contributed by atoms with Gasteiger partial charge in [0.2, 0.25) is 0 Å². The Labute approximate surface area is 120 Å². The fraction of sp³-hybridized carbons (Fsp3) is 0.647. The Morgan fingerprint density at radius 3 is 2.40 bits per heavy atom. The quantitative estimate of drug-likeness (QED) is 0.850. The summed E-state index contributed by atoms with van der Waals surface area (Å²) in [7, 11) is 0. The van der Waals surface area contributed by atoms with E-state index in [9.17, 15) is 8.78 Å². The minimum atomic E-state index is -0.777. The van der Waals surface area contributed by atoms with Gasteiger partial charge in [-0.05, 0) is 66.7 Å². The Morgan fingerprint density at radius 2 is 1.85 bits per heavy atom. The Balaban J connectivity index is 2.27. The van der Waals surface area contributed by atoms with E-state index in [1.807, 2.05) is 0 Å². The zero-order chi connectivity index (χ0) is 14.9.